The Balaban J connectivity index is 1.56. The van der Waals surface area contributed by atoms with Crippen molar-refractivity contribution in [2.24, 2.45) is 0 Å². The number of hydrogen-bond donors (Lipinski definition) is 1. The van der Waals surface area contributed by atoms with E-state index in [1.807, 2.05) is 54.6 Å². The number of rotatable bonds is 7. The third-order valence-corrected chi connectivity index (χ3v) is 5.73. The molecule has 0 bridgehead atoms. The fourth-order valence-corrected chi connectivity index (χ4v) is 4.18. The van der Waals surface area contributed by atoms with Crippen molar-refractivity contribution in [2.75, 3.05) is 5.32 Å². The van der Waals surface area contributed by atoms with Crippen molar-refractivity contribution in [3.8, 4) is 22.3 Å². The summed E-state index contributed by atoms with van der Waals surface area (Å²) < 4.78 is 20.1. The van der Waals surface area contributed by atoms with Crippen molar-refractivity contribution in [1.29, 1.82) is 0 Å². The summed E-state index contributed by atoms with van der Waals surface area (Å²) in [5, 5.41) is 11.4. The highest BCUT2D eigenvalue weighted by molar-refractivity contribution is 7.12. The molecule has 2 aromatic heterocycles. The maximum Gasteiger partial charge on any atom is 0.299 e. The van der Waals surface area contributed by atoms with Crippen LogP contribution in [0.2, 0.25) is 0 Å². The summed E-state index contributed by atoms with van der Waals surface area (Å²) in [6.45, 7) is 0.835. The number of aromatic nitrogens is 3. The molecule has 0 aliphatic carbocycles. The summed E-state index contributed by atoms with van der Waals surface area (Å²) in [6.07, 6.45) is 0. The second kappa shape index (κ2) is 8.60. The summed E-state index contributed by atoms with van der Waals surface area (Å²) >= 11 is 1.33. The normalized spacial score (nSPS) is 10.9. The molecule has 0 spiro atoms. The molecule has 6 nitrogen and oxygen atoms in total. The van der Waals surface area contributed by atoms with Crippen LogP contribution in [0.5, 0.6) is 5.88 Å². The lowest BCUT2D eigenvalue weighted by Gasteiger charge is -2.08. The molecule has 0 atom stereocenters. The van der Waals surface area contributed by atoms with Gasteiger partial charge in [0.2, 0.25) is 11.0 Å². The lowest BCUT2D eigenvalue weighted by Crippen LogP contribution is -2.00. The minimum Gasteiger partial charge on any atom is -0.409 e. The number of nitrogens with zero attached hydrogens (tertiary/aromatic N) is 3. The molecule has 2 heterocycles. The molecule has 32 heavy (non-hydrogen) atoms. The van der Waals surface area contributed by atoms with Crippen molar-refractivity contribution in [2.45, 2.75) is 6.54 Å². The Morgan fingerprint density at radius 1 is 1.06 bits per heavy atom. The van der Waals surface area contributed by atoms with Crippen molar-refractivity contribution in [1.82, 2.24) is 14.8 Å². The third kappa shape index (κ3) is 3.95. The Kier molecular flexibility index (Phi) is 5.35. The summed E-state index contributed by atoms with van der Waals surface area (Å²) in [5.41, 5.74) is 4.37. The predicted octanol–water partition coefficient (Wildman–Crippen LogP) is 5.44. The lowest BCUT2D eigenvalue weighted by atomic mass is 10.1. The Hall–Kier alpha value is -4.04. The highest BCUT2D eigenvalue weighted by Crippen LogP contribution is 2.33. The second-order valence-electron chi connectivity index (χ2n) is 7.02. The number of carbonyl (C=O) groups is 1. The SMILES string of the molecule is O=COc1csc(-n2nc(-c3ccccc3)c3ccc(NCc4cccc(F)c4)cc32)n1. The van der Waals surface area contributed by atoms with Crippen molar-refractivity contribution < 1.29 is 13.9 Å². The first-order valence-electron chi connectivity index (χ1n) is 9.84. The molecule has 0 saturated heterocycles. The third-order valence-electron chi connectivity index (χ3n) is 4.93. The molecular weight excluding hydrogens is 427 g/mol. The fraction of sp³-hybridized carbons (Fsp3) is 0.0417. The van der Waals surface area contributed by atoms with Crippen LogP contribution in [0.4, 0.5) is 10.1 Å². The van der Waals surface area contributed by atoms with Crippen LogP contribution in [0, 0.1) is 5.82 Å². The number of ether oxygens (including phenoxy) is 1. The predicted molar refractivity (Wildman–Crippen MR) is 123 cm³/mol. The van der Waals surface area contributed by atoms with Crippen LogP contribution in [-0.4, -0.2) is 21.2 Å². The van der Waals surface area contributed by atoms with E-state index in [2.05, 4.69) is 10.3 Å². The summed E-state index contributed by atoms with van der Waals surface area (Å²) in [5.74, 6) is -0.0345. The van der Waals surface area contributed by atoms with Crippen molar-refractivity contribution in [3.05, 3.63) is 89.6 Å². The van der Waals surface area contributed by atoms with Gasteiger partial charge in [0.1, 0.15) is 11.5 Å². The molecule has 0 radical (unpaired) electrons. The van der Waals surface area contributed by atoms with Crippen LogP contribution >= 0.6 is 11.3 Å². The monoisotopic (exact) mass is 444 g/mol. The summed E-state index contributed by atoms with van der Waals surface area (Å²) in [6, 6.07) is 22.4. The number of hydrogen-bond acceptors (Lipinski definition) is 6. The Morgan fingerprint density at radius 3 is 2.75 bits per heavy atom. The van der Waals surface area contributed by atoms with Crippen molar-refractivity contribution >= 4 is 34.4 Å². The minimum absolute atomic E-state index is 0.227. The Morgan fingerprint density at radius 2 is 1.94 bits per heavy atom. The van der Waals surface area contributed by atoms with Crippen LogP contribution in [0.15, 0.2) is 78.2 Å². The van der Waals surface area contributed by atoms with Crippen LogP contribution in [0.25, 0.3) is 27.3 Å². The van der Waals surface area contributed by atoms with Gasteiger partial charge < -0.3 is 10.1 Å². The Labute approximate surface area is 186 Å². The molecule has 0 aliphatic rings. The standard InChI is InChI=1S/C24H17FN4O2S/c25-18-8-4-5-16(11-18)13-26-19-9-10-20-21(12-19)29(24-27-22(14-32-24)31-15-30)28-23(20)17-6-2-1-3-7-17/h1-12,14-15,26H,13H2. The fourth-order valence-electron chi connectivity index (χ4n) is 3.48. The molecule has 5 rings (SSSR count). The zero-order chi connectivity index (χ0) is 21.9. The first kappa shape index (κ1) is 19.9. The van der Waals surface area contributed by atoms with Crippen LogP contribution in [-0.2, 0) is 11.3 Å². The van der Waals surface area contributed by atoms with Gasteiger partial charge in [-0.3, -0.25) is 4.79 Å². The van der Waals surface area contributed by atoms with Gasteiger partial charge >= 0.3 is 0 Å². The highest BCUT2D eigenvalue weighted by Gasteiger charge is 2.16. The lowest BCUT2D eigenvalue weighted by molar-refractivity contribution is -0.120. The molecule has 3 aromatic carbocycles. The van der Waals surface area contributed by atoms with E-state index in [0.717, 1.165) is 33.4 Å². The quantitative estimate of drug-likeness (QED) is 0.339. The smallest absolute Gasteiger partial charge is 0.299 e. The second-order valence-corrected chi connectivity index (χ2v) is 7.86. The number of halogens is 1. The van der Waals surface area contributed by atoms with E-state index in [1.165, 1.54) is 23.5 Å². The molecule has 0 fully saturated rings. The zero-order valence-electron chi connectivity index (χ0n) is 16.7. The van der Waals surface area contributed by atoms with E-state index >= 15 is 0 Å². The van der Waals surface area contributed by atoms with E-state index in [1.54, 1.807) is 16.1 Å². The van der Waals surface area contributed by atoms with Gasteiger partial charge in [-0.1, -0.05) is 53.8 Å². The van der Waals surface area contributed by atoms with Gasteiger partial charge in [-0.25, -0.2) is 9.07 Å². The van der Waals surface area contributed by atoms with Gasteiger partial charge in [-0.05, 0) is 35.9 Å². The first-order valence-corrected chi connectivity index (χ1v) is 10.7. The topological polar surface area (TPSA) is 69.0 Å². The van der Waals surface area contributed by atoms with Gasteiger partial charge in [0.15, 0.2) is 0 Å². The number of benzene rings is 3. The molecule has 5 aromatic rings. The van der Waals surface area contributed by atoms with Gasteiger partial charge in [0.25, 0.3) is 6.47 Å². The van der Waals surface area contributed by atoms with Gasteiger partial charge in [-0.15, -0.1) is 0 Å². The number of carbonyl (C=O) groups excluding carboxylic acids is 1. The van der Waals surface area contributed by atoms with Crippen LogP contribution in [0.3, 0.4) is 0 Å². The zero-order valence-corrected chi connectivity index (χ0v) is 17.6. The van der Waals surface area contributed by atoms with E-state index < -0.39 is 0 Å². The average Bonchev–Trinajstić information content (AvgIpc) is 3.43. The summed E-state index contributed by atoms with van der Waals surface area (Å²) in [4.78, 5) is 15.0. The molecule has 158 valence electrons. The molecule has 0 amide bonds. The molecule has 1 N–H and O–H groups in total. The van der Waals surface area contributed by atoms with E-state index in [0.29, 0.717) is 18.1 Å². The molecule has 8 heteroatoms. The number of fused-ring (bicyclic) bond motifs is 1. The molecule has 0 unspecified atom stereocenters. The van der Waals surface area contributed by atoms with E-state index in [9.17, 15) is 9.18 Å². The van der Waals surface area contributed by atoms with E-state index in [-0.39, 0.29) is 11.7 Å². The average molecular weight is 444 g/mol. The molecular formula is C24H17FN4O2S. The largest absolute Gasteiger partial charge is 0.409 e. The number of nitrogens with one attached hydrogen (secondary N) is 1. The highest BCUT2D eigenvalue weighted by atomic mass is 32.1. The summed E-state index contributed by atoms with van der Waals surface area (Å²) in [7, 11) is 0. The molecule has 0 aliphatic heterocycles. The van der Waals surface area contributed by atoms with Crippen molar-refractivity contribution in [3.63, 3.8) is 0 Å². The van der Waals surface area contributed by atoms with Gasteiger partial charge in [-0.2, -0.15) is 10.1 Å². The van der Waals surface area contributed by atoms with Gasteiger partial charge in [0, 0.05) is 23.2 Å². The maximum atomic E-state index is 13.5. The van der Waals surface area contributed by atoms with E-state index in [4.69, 9.17) is 9.84 Å². The first-order chi connectivity index (χ1) is 15.7. The number of thiazole rings is 1. The molecule has 0 saturated carbocycles. The van der Waals surface area contributed by atoms with Crippen LogP contribution < -0.4 is 10.1 Å². The van der Waals surface area contributed by atoms with Gasteiger partial charge in [0.05, 0.1) is 10.9 Å². The Bertz CT molecular complexity index is 1400. The van der Waals surface area contributed by atoms with Crippen LogP contribution in [0.1, 0.15) is 5.56 Å². The number of anilines is 1. The maximum absolute atomic E-state index is 13.5. The minimum atomic E-state index is -0.262.